The van der Waals surface area contributed by atoms with Crippen LogP contribution in [0.25, 0.3) is 0 Å². The van der Waals surface area contributed by atoms with Gasteiger partial charge in [-0.25, -0.2) is 4.79 Å². The molecular weight excluding hydrogens is 270 g/mol. The van der Waals surface area contributed by atoms with Crippen LogP contribution in [0.3, 0.4) is 0 Å². The standard InChI is InChI=1S/C15H15N3O3/c1-10-8-11(4-2-3-7-19)5-6-12(10)17-14(20)13-9-16-15(21)18-13/h5-6,8-9,19H,3,7H2,1H3,(H,17,20)(H2,16,18,21). The molecule has 0 saturated carbocycles. The van der Waals surface area contributed by atoms with Crippen LogP contribution in [0.1, 0.15) is 28.0 Å². The number of anilines is 1. The number of aryl methyl sites for hydroxylation is 1. The van der Waals surface area contributed by atoms with Crippen molar-refractivity contribution < 1.29 is 9.90 Å². The molecule has 6 nitrogen and oxygen atoms in total. The first-order valence-corrected chi connectivity index (χ1v) is 6.39. The maximum absolute atomic E-state index is 11.9. The lowest BCUT2D eigenvalue weighted by atomic mass is 10.1. The number of nitrogens with one attached hydrogen (secondary N) is 3. The van der Waals surface area contributed by atoms with E-state index in [0.717, 1.165) is 11.1 Å². The third-order valence-corrected chi connectivity index (χ3v) is 2.78. The molecule has 0 aliphatic rings. The van der Waals surface area contributed by atoms with Gasteiger partial charge in [-0.3, -0.25) is 4.79 Å². The molecule has 0 saturated heterocycles. The second-order valence-corrected chi connectivity index (χ2v) is 4.42. The van der Waals surface area contributed by atoms with Crippen LogP contribution in [0.4, 0.5) is 5.69 Å². The molecule has 0 spiro atoms. The number of H-pyrrole nitrogens is 2. The normalized spacial score (nSPS) is 9.81. The van der Waals surface area contributed by atoms with Gasteiger partial charge in [0.2, 0.25) is 0 Å². The summed E-state index contributed by atoms with van der Waals surface area (Å²) in [5.41, 5.74) is 2.07. The molecule has 0 aliphatic heterocycles. The van der Waals surface area contributed by atoms with E-state index in [0.29, 0.717) is 12.1 Å². The summed E-state index contributed by atoms with van der Waals surface area (Å²) >= 11 is 0. The molecule has 108 valence electrons. The van der Waals surface area contributed by atoms with Crippen molar-refractivity contribution in [1.29, 1.82) is 0 Å². The Bertz CT molecular complexity index is 762. The number of aromatic nitrogens is 2. The molecule has 0 unspecified atom stereocenters. The third-order valence-electron chi connectivity index (χ3n) is 2.78. The highest BCUT2D eigenvalue weighted by atomic mass is 16.2. The third kappa shape index (κ3) is 3.84. The first kappa shape index (κ1) is 14.6. The van der Waals surface area contributed by atoms with Crippen molar-refractivity contribution in [1.82, 2.24) is 9.97 Å². The van der Waals surface area contributed by atoms with Crippen LogP contribution in [0.15, 0.2) is 29.2 Å². The van der Waals surface area contributed by atoms with Crippen LogP contribution in [-0.2, 0) is 0 Å². The molecule has 1 heterocycles. The van der Waals surface area contributed by atoms with Gasteiger partial charge in [-0.15, -0.1) is 0 Å². The average molecular weight is 285 g/mol. The van der Waals surface area contributed by atoms with Crippen LogP contribution in [0.5, 0.6) is 0 Å². The molecule has 0 radical (unpaired) electrons. The van der Waals surface area contributed by atoms with Gasteiger partial charge in [0.25, 0.3) is 5.91 Å². The Balaban J connectivity index is 2.13. The molecular formula is C15H15N3O3. The number of carbonyl (C=O) groups is 1. The van der Waals surface area contributed by atoms with Crippen molar-refractivity contribution in [3.05, 3.63) is 51.7 Å². The van der Waals surface area contributed by atoms with E-state index in [1.807, 2.05) is 13.0 Å². The highest BCUT2D eigenvalue weighted by Gasteiger charge is 2.09. The van der Waals surface area contributed by atoms with Gasteiger partial charge >= 0.3 is 5.69 Å². The molecule has 4 N–H and O–H groups in total. The molecule has 2 aromatic rings. The van der Waals surface area contributed by atoms with E-state index in [1.165, 1.54) is 6.20 Å². The summed E-state index contributed by atoms with van der Waals surface area (Å²) in [6, 6.07) is 5.38. The van der Waals surface area contributed by atoms with E-state index in [-0.39, 0.29) is 12.3 Å². The number of hydrogen-bond donors (Lipinski definition) is 4. The van der Waals surface area contributed by atoms with Crippen LogP contribution < -0.4 is 11.0 Å². The van der Waals surface area contributed by atoms with Crippen LogP contribution >= 0.6 is 0 Å². The molecule has 0 fully saturated rings. The van der Waals surface area contributed by atoms with E-state index in [1.54, 1.807) is 12.1 Å². The van der Waals surface area contributed by atoms with E-state index in [2.05, 4.69) is 27.1 Å². The second-order valence-electron chi connectivity index (χ2n) is 4.42. The van der Waals surface area contributed by atoms with Crippen molar-refractivity contribution in [3.8, 4) is 11.8 Å². The maximum atomic E-state index is 11.9. The van der Waals surface area contributed by atoms with Crippen LogP contribution in [0, 0.1) is 18.8 Å². The molecule has 21 heavy (non-hydrogen) atoms. The number of benzene rings is 1. The van der Waals surface area contributed by atoms with E-state index in [4.69, 9.17) is 5.11 Å². The van der Waals surface area contributed by atoms with Crippen molar-refractivity contribution >= 4 is 11.6 Å². The van der Waals surface area contributed by atoms with Gasteiger partial charge in [0.15, 0.2) is 0 Å². The largest absolute Gasteiger partial charge is 0.395 e. The summed E-state index contributed by atoms with van der Waals surface area (Å²) in [6.07, 6.45) is 1.75. The molecule has 0 atom stereocenters. The SMILES string of the molecule is Cc1cc(C#CCCO)ccc1NC(=O)c1c[nH]c(=O)[nH]1. The molecule has 1 aromatic carbocycles. The van der Waals surface area contributed by atoms with Crippen molar-refractivity contribution in [2.45, 2.75) is 13.3 Å². The zero-order chi connectivity index (χ0) is 15.2. The van der Waals surface area contributed by atoms with Gasteiger partial charge in [-0.1, -0.05) is 11.8 Å². The zero-order valence-corrected chi connectivity index (χ0v) is 11.5. The van der Waals surface area contributed by atoms with Gasteiger partial charge in [0.05, 0.1) is 6.61 Å². The van der Waals surface area contributed by atoms with Gasteiger partial charge in [-0.2, -0.15) is 0 Å². The topological polar surface area (TPSA) is 98.0 Å². The fraction of sp³-hybridized carbons (Fsp3) is 0.200. The fourth-order valence-electron chi connectivity index (χ4n) is 1.75. The Labute approximate surface area is 121 Å². The first-order chi connectivity index (χ1) is 10.1. The van der Waals surface area contributed by atoms with Gasteiger partial charge in [0, 0.05) is 23.9 Å². The van der Waals surface area contributed by atoms with E-state index >= 15 is 0 Å². The fourth-order valence-corrected chi connectivity index (χ4v) is 1.75. The number of amides is 1. The lowest BCUT2D eigenvalue weighted by Crippen LogP contribution is -2.14. The smallest absolute Gasteiger partial charge is 0.323 e. The van der Waals surface area contributed by atoms with Crippen molar-refractivity contribution in [2.75, 3.05) is 11.9 Å². The van der Waals surface area contributed by atoms with E-state index < -0.39 is 11.6 Å². The number of rotatable bonds is 3. The summed E-state index contributed by atoms with van der Waals surface area (Å²) in [5, 5.41) is 11.4. The molecule has 6 heteroatoms. The Morgan fingerprint density at radius 1 is 1.43 bits per heavy atom. The molecule has 1 aromatic heterocycles. The average Bonchev–Trinajstić information content (AvgIpc) is 2.89. The Morgan fingerprint density at radius 2 is 2.24 bits per heavy atom. The second kappa shape index (κ2) is 6.59. The minimum atomic E-state index is -0.425. The van der Waals surface area contributed by atoms with Gasteiger partial charge in [0.1, 0.15) is 5.69 Å². The Kier molecular flexibility index (Phi) is 4.59. The lowest BCUT2D eigenvalue weighted by molar-refractivity contribution is 0.102. The Hall–Kier alpha value is -2.78. The number of imidazole rings is 1. The summed E-state index contributed by atoms with van der Waals surface area (Å²) in [5.74, 6) is 5.37. The predicted octanol–water partition coefficient (Wildman–Crippen LogP) is 0.998. The summed E-state index contributed by atoms with van der Waals surface area (Å²) in [4.78, 5) is 27.6. The number of hydrogen-bond acceptors (Lipinski definition) is 3. The summed E-state index contributed by atoms with van der Waals surface area (Å²) in [6.45, 7) is 1.89. The minimum absolute atomic E-state index is 0.0367. The minimum Gasteiger partial charge on any atom is -0.395 e. The monoisotopic (exact) mass is 285 g/mol. The van der Waals surface area contributed by atoms with Gasteiger partial charge in [-0.05, 0) is 30.7 Å². The maximum Gasteiger partial charge on any atom is 0.323 e. The quantitative estimate of drug-likeness (QED) is 0.633. The highest BCUT2D eigenvalue weighted by molar-refractivity contribution is 6.03. The zero-order valence-electron chi connectivity index (χ0n) is 11.5. The lowest BCUT2D eigenvalue weighted by Gasteiger charge is -2.07. The van der Waals surface area contributed by atoms with Gasteiger partial charge < -0.3 is 20.4 Å². The number of aliphatic hydroxyl groups is 1. The van der Waals surface area contributed by atoms with Crippen LogP contribution in [-0.4, -0.2) is 27.6 Å². The highest BCUT2D eigenvalue weighted by Crippen LogP contribution is 2.16. The Morgan fingerprint density at radius 3 is 2.86 bits per heavy atom. The number of carbonyl (C=O) groups excluding carboxylic acids is 1. The summed E-state index contributed by atoms with van der Waals surface area (Å²) in [7, 11) is 0. The molecule has 1 amide bonds. The first-order valence-electron chi connectivity index (χ1n) is 6.39. The van der Waals surface area contributed by atoms with Crippen LogP contribution in [0.2, 0.25) is 0 Å². The van der Waals surface area contributed by atoms with Crippen molar-refractivity contribution in [3.63, 3.8) is 0 Å². The van der Waals surface area contributed by atoms with E-state index in [9.17, 15) is 9.59 Å². The number of aromatic amines is 2. The molecule has 0 aliphatic carbocycles. The van der Waals surface area contributed by atoms with Crippen molar-refractivity contribution in [2.24, 2.45) is 0 Å². The summed E-state index contributed by atoms with van der Waals surface area (Å²) < 4.78 is 0. The molecule has 0 bridgehead atoms. The molecule has 2 rings (SSSR count). The predicted molar refractivity (Wildman–Crippen MR) is 79.1 cm³/mol. The number of aliphatic hydroxyl groups excluding tert-OH is 1.